The Bertz CT molecular complexity index is 814. The average Bonchev–Trinajstić information content (AvgIpc) is 3.06. The number of ether oxygens (including phenoxy) is 1. The fraction of sp³-hybridized carbons (Fsp3) is 0.278. The van der Waals surface area contributed by atoms with Gasteiger partial charge in [0.05, 0.1) is 18.4 Å². The van der Waals surface area contributed by atoms with Gasteiger partial charge < -0.3 is 10.1 Å². The zero-order valence-corrected chi connectivity index (χ0v) is 14.2. The fourth-order valence-corrected chi connectivity index (χ4v) is 3.45. The van der Waals surface area contributed by atoms with Crippen molar-refractivity contribution in [2.45, 2.75) is 24.3 Å². The number of nitrogens with zero attached hydrogens (tertiary/aromatic N) is 2. The molecule has 1 aromatic carbocycles. The first kappa shape index (κ1) is 16.3. The lowest BCUT2D eigenvalue weighted by Gasteiger charge is -2.08. The largest absolute Gasteiger partial charge is 0.497 e. The highest BCUT2D eigenvalue weighted by Gasteiger charge is 2.17. The predicted molar refractivity (Wildman–Crippen MR) is 93.3 cm³/mol. The minimum Gasteiger partial charge on any atom is -0.497 e. The topological polar surface area (TPSA) is 75.0 Å². The molecule has 0 fully saturated rings. The molecule has 2 aromatic rings. The maximum atomic E-state index is 12.1. The molecule has 0 atom stereocenters. The Morgan fingerprint density at radius 1 is 1.42 bits per heavy atom. The van der Waals surface area contributed by atoms with Crippen LogP contribution in [0.1, 0.15) is 23.2 Å². The summed E-state index contributed by atoms with van der Waals surface area (Å²) in [4.78, 5) is 16.7. The molecule has 5 nitrogen and oxygen atoms in total. The number of aromatic nitrogens is 1. The molecule has 1 aliphatic carbocycles. The third-order valence-corrected chi connectivity index (χ3v) is 4.82. The van der Waals surface area contributed by atoms with Crippen LogP contribution in [-0.2, 0) is 17.6 Å². The molecule has 1 aromatic heterocycles. The van der Waals surface area contributed by atoms with E-state index in [0.717, 1.165) is 30.5 Å². The first-order chi connectivity index (χ1) is 11.7. The van der Waals surface area contributed by atoms with Crippen LogP contribution in [0.4, 0.5) is 5.69 Å². The number of fused-ring (bicyclic) bond motifs is 1. The van der Waals surface area contributed by atoms with Crippen LogP contribution in [-0.4, -0.2) is 23.8 Å². The van der Waals surface area contributed by atoms with E-state index in [2.05, 4.69) is 16.4 Å². The van der Waals surface area contributed by atoms with E-state index in [1.807, 2.05) is 18.2 Å². The first-order valence-electron chi connectivity index (χ1n) is 7.69. The molecule has 0 radical (unpaired) electrons. The minimum atomic E-state index is -0.139. The molecule has 3 rings (SSSR count). The number of hydrogen-bond acceptors (Lipinski definition) is 5. The Kier molecular flexibility index (Phi) is 5.02. The molecule has 0 saturated carbocycles. The highest BCUT2D eigenvalue weighted by Crippen LogP contribution is 2.28. The number of benzene rings is 1. The zero-order valence-electron chi connectivity index (χ0n) is 13.3. The molecule has 0 spiro atoms. The predicted octanol–water partition coefficient (Wildman–Crippen LogP) is 3.18. The molecule has 1 aliphatic rings. The number of methoxy groups -OCH3 is 1. The Morgan fingerprint density at radius 3 is 3.08 bits per heavy atom. The number of carbonyl (C=O) groups excluding carboxylic acids is 1. The number of rotatable bonds is 5. The smallest absolute Gasteiger partial charge is 0.234 e. The maximum absolute atomic E-state index is 12.1. The van der Waals surface area contributed by atoms with Crippen LogP contribution in [0.2, 0.25) is 0 Å². The van der Waals surface area contributed by atoms with E-state index in [-0.39, 0.29) is 11.7 Å². The van der Waals surface area contributed by atoms with Gasteiger partial charge in [0.25, 0.3) is 0 Å². The molecular formula is C18H17N3O2S. The van der Waals surface area contributed by atoms with Gasteiger partial charge in [0.1, 0.15) is 16.8 Å². The molecule has 1 heterocycles. The number of hydrogen-bond donors (Lipinski definition) is 1. The third-order valence-electron chi connectivity index (χ3n) is 3.83. The Hall–Kier alpha value is -2.52. The van der Waals surface area contributed by atoms with Crippen LogP contribution < -0.4 is 10.1 Å². The second-order valence-electron chi connectivity index (χ2n) is 5.48. The Morgan fingerprint density at radius 2 is 2.29 bits per heavy atom. The molecule has 0 bridgehead atoms. The first-order valence-corrected chi connectivity index (χ1v) is 8.68. The second kappa shape index (κ2) is 7.37. The molecule has 122 valence electrons. The van der Waals surface area contributed by atoms with E-state index in [1.165, 1.54) is 11.8 Å². The molecule has 24 heavy (non-hydrogen) atoms. The van der Waals surface area contributed by atoms with Gasteiger partial charge >= 0.3 is 0 Å². The molecule has 1 amide bonds. The lowest BCUT2D eigenvalue weighted by molar-refractivity contribution is -0.113. The van der Waals surface area contributed by atoms with Crippen molar-refractivity contribution < 1.29 is 9.53 Å². The summed E-state index contributed by atoms with van der Waals surface area (Å²) in [7, 11) is 1.58. The zero-order chi connectivity index (χ0) is 16.9. The summed E-state index contributed by atoms with van der Waals surface area (Å²) >= 11 is 1.30. The van der Waals surface area contributed by atoms with E-state index in [1.54, 1.807) is 19.2 Å². The summed E-state index contributed by atoms with van der Waals surface area (Å²) in [5, 5.41) is 12.8. The van der Waals surface area contributed by atoms with Gasteiger partial charge in [0.2, 0.25) is 5.91 Å². The molecule has 0 unspecified atom stereocenters. The van der Waals surface area contributed by atoms with E-state index < -0.39 is 0 Å². The normalized spacial score (nSPS) is 12.3. The number of aryl methyl sites for hydroxylation is 2. The van der Waals surface area contributed by atoms with Crippen molar-refractivity contribution in [2.75, 3.05) is 18.2 Å². The van der Waals surface area contributed by atoms with Gasteiger partial charge in [-0.25, -0.2) is 4.98 Å². The van der Waals surface area contributed by atoms with Crippen LogP contribution in [0.3, 0.4) is 0 Å². The Balaban J connectivity index is 1.65. The second-order valence-corrected chi connectivity index (χ2v) is 6.45. The summed E-state index contributed by atoms with van der Waals surface area (Å²) < 4.78 is 5.14. The lowest BCUT2D eigenvalue weighted by atomic mass is 10.2. The molecular weight excluding hydrogens is 322 g/mol. The fourth-order valence-electron chi connectivity index (χ4n) is 2.68. The number of carbonyl (C=O) groups is 1. The van der Waals surface area contributed by atoms with Crippen LogP contribution in [0.5, 0.6) is 5.75 Å². The summed E-state index contributed by atoms with van der Waals surface area (Å²) in [6.45, 7) is 0. The summed E-state index contributed by atoms with van der Waals surface area (Å²) in [6.07, 6.45) is 3.01. The van der Waals surface area contributed by atoms with Gasteiger partial charge in [0.15, 0.2) is 0 Å². The summed E-state index contributed by atoms with van der Waals surface area (Å²) in [5.74, 6) is 0.754. The maximum Gasteiger partial charge on any atom is 0.234 e. The van der Waals surface area contributed by atoms with E-state index >= 15 is 0 Å². The van der Waals surface area contributed by atoms with E-state index in [9.17, 15) is 10.1 Å². The summed E-state index contributed by atoms with van der Waals surface area (Å²) in [5.41, 5.74) is 3.46. The molecule has 0 aliphatic heterocycles. The highest BCUT2D eigenvalue weighted by molar-refractivity contribution is 8.00. The van der Waals surface area contributed by atoms with Crippen molar-refractivity contribution in [2.24, 2.45) is 0 Å². The number of nitrogens with one attached hydrogen (secondary N) is 1. The van der Waals surface area contributed by atoms with Crippen LogP contribution in [0, 0.1) is 11.3 Å². The van der Waals surface area contributed by atoms with Gasteiger partial charge in [-0.2, -0.15) is 5.26 Å². The van der Waals surface area contributed by atoms with Gasteiger partial charge in [-0.05, 0) is 43.0 Å². The monoisotopic (exact) mass is 339 g/mol. The molecule has 0 saturated heterocycles. The SMILES string of the molecule is COc1cccc(NC(=O)CSc2nc3c(cc2C#N)CCC3)c1. The number of thioether (sulfide) groups is 1. The van der Waals surface area contributed by atoms with E-state index in [4.69, 9.17) is 4.74 Å². The Labute approximate surface area is 145 Å². The van der Waals surface area contributed by atoms with Crippen LogP contribution >= 0.6 is 11.8 Å². The van der Waals surface area contributed by atoms with E-state index in [0.29, 0.717) is 22.0 Å². The number of amides is 1. The number of anilines is 1. The lowest BCUT2D eigenvalue weighted by Crippen LogP contribution is -2.14. The average molecular weight is 339 g/mol. The van der Waals surface area contributed by atoms with Crippen LogP contribution in [0.15, 0.2) is 35.4 Å². The van der Waals surface area contributed by atoms with Crippen molar-refractivity contribution in [1.29, 1.82) is 5.26 Å². The van der Waals surface area contributed by atoms with Gasteiger partial charge in [0, 0.05) is 17.4 Å². The quantitative estimate of drug-likeness (QED) is 0.847. The van der Waals surface area contributed by atoms with Crippen molar-refractivity contribution in [1.82, 2.24) is 4.98 Å². The highest BCUT2D eigenvalue weighted by atomic mass is 32.2. The van der Waals surface area contributed by atoms with Gasteiger partial charge in [-0.15, -0.1) is 0 Å². The van der Waals surface area contributed by atoms with Crippen molar-refractivity contribution in [3.05, 3.63) is 47.2 Å². The van der Waals surface area contributed by atoms with Crippen molar-refractivity contribution >= 4 is 23.4 Å². The third kappa shape index (κ3) is 3.69. The molecule has 6 heteroatoms. The van der Waals surface area contributed by atoms with Gasteiger partial charge in [-0.1, -0.05) is 17.8 Å². The van der Waals surface area contributed by atoms with Crippen molar-refractivity contribution in [3.63, 3.8) is 0 Å². The van der Waals surface area contributed by atoms with Crippen molar-refractivity contribution in [3.8, 4) is 11.8 Å². The number of pyridine rings is 1. The number of nitriles is 1. The van der Waals surface area contributed by atoms with Gasteiger partial charge in [-0.3, -0.25) is 4.79 Å². The van der Waals surface area contributed by atoms with Crippen LogP contribution in [0.25, 0.3) is 0 Å². The molecule has 1 N–H and O–H groups in total. The standard InChI is InChI=1S/C18H17N3O2S/c1-23-15-6-3-5-14(9-15)20-17(22)11-24-18-13(10-19)8-12-4-2-7-16(12)21-18/h3,5-6,8-9H,2,4,7,11H2,1H3,(H,20,22). The summed E-state index contributed by atoms with van der Waals surface area (Å²) in [6, 6.07) is 11.3. The minimum absolute atomic E-state index is 0.139.